The summed E-state index contributed by atoms with van der Waals surface area (Å²) in [4.78, 5) is 2.60. The Balaban J connectivity index is 1.59. The average molecular weight is 384 g/mol. The van der Waals surface area contributed by atoms with Crippen molar-refractivity contribution in [3.63, 3.8) is 0 Å². The molecule has 0 atom stereocenters. The van der Waals surface area contributed by atoms with E-state index in [-0.39, 0.29) is 0 Å². The molecule has 0 aliphatic carbocycles. The molecule has 0 bridgehead atoms. The Labute approximate surface area is 154 Å². The van der Waals surface area contributed by atoms with Crippen molar-refractivity contribution in [3.05, 3.63) is 64.6 Å². The van der Waals surface area contributed by atoms with E-state index in [1.54, 1.807) is 0 Å². The Morgan fingerprint density at radius 3 is 2.12 bits per heavy atom. The van der Waals surface area contributed by atoms with E-state index in [9.17, 15) is 0 Å². The maximum absolute atomic E-state index is 3.49. The number of nitrogens with zero attached hydrogens (tertiary/aromatic N) is 1. The van der Waals surface area contributed by atoms with E-state index in [0.29, 0.717) is 0 Å². The molecule has 0 unspecified atom stereocenters. The molecule has 1 fully saturated rings. The van der Waals surface area contributed by atoms with Crippen molar-refractivity contribution in [2.24, 2.45) is 0 Å². The van der Waals surface area contributed by atoms with E-state index in [1.165, 1.54) is 61.2 Å². The summed E-state index contributed by atoms with van der Waals surface area (Å²) in [6, 6.07) is 17.4. The second kappa shape index (κ2) is 8.64. The lowest BCUT2D eigenvalue weighted by atomic mass is 10.0. The molecule has 1 aliphatic heterocycles. The Kier molecular flexibility index (Phi) is 6.28. The summed E-state index contributed by atoms with van der Waals surface area (Å²) in [5.41, 5.74) is 5.24. The molecular weight excluding hydrogens is 358 g/mol. The topological polar surface area (TPSA) is 3.24 Å². The summed E-state index contributed by atoms with van der Waals surface area (Å²) in [6.07, 6.45) is 7.71. The van der Waals surface area contributed by atoms with Gasteiger partial charge in [0.05, 0.1) is 0 Å². The first-order valence-corrected chi connectivity index (χ1v) is 9.77. The molecule has 2 heteroatoms. The molecule has 0 amide bonds. The van der Waals surface area contributed by atoms with Crippen molar-refractivity contribution >= 4 is 21.5 Å². The Morgan fingerprint density at radius 1 is 0.917 bits per heavy atom. The van der Waals surface area contributed by atoms with Gasteiger partial charge >= 0.3 is 0 Å². The molecule has 2 aromatic carbocycles. The van der Waals surface area contributed by atoms with Gasteiger partial charge in [-0.1, -0.05) is 64.8 Å². The van der Waals surface area contributed by atoms with Gasteiger partial charge in [0.25, 0.3) is 0 Å². The van der Waals surface area contributed by atoms with Gasteiger partial charge in [-0.2, -0.15) is 0 Å². The molecule has 0 aromatic heterocycles. The second-order valence-corrected chi connectivity index (χ2v) is 7.58. The van der Waals surface area contributed by atoms with E-state index >= 15 is 0 Å². The van der Waals surface area contributed by atoms with Crippen LogP contribution in [0.5, 0.6) is 0 Å². The number of likely N-dealkylation sites (tertiary alicyclic amines) is 1. The molecule has 0 saturated carbocycles. The highest BCUT2D eigenvalue weighted by Crippen LogP contribution is 2.24. The molecule has 24 heavy (non-hydrogen) atoms. The predicted octanol–water partition coefficient (Wildman–Crippen LogP) is 6.40. The largest absolute Gasteiger partial charge is 0.303 e. The second-order valence-electron chi connectivity index (χ2n) is 6.66. The van der Waals surface area contributed by atoms with E-state index < -0.39 is 0 Å². The maximum atomic E-state index is 3.49. The fraction of sp³-hybridized carbons (Fsp3) is 0.364. The van der Waals surface area contributed by atoms with Crippen LogP contribution in [0.2, 0.25) is 0 Å². The van der Waals surface area contributed by atoms with Crippen LogP contribution in [-0.4, -0.2) is 24.5 Å². The third-order valence-electron chi connectivity index (χ3n) is 4.86. The van der Waals surface area contributed by atoms with Gasteiger partial charge in [0, 0.05) is 11.0 Å². The Hall–Kier alpha value is -1.38. The van der Waals surface area contributed by atoms with Gasteiger partial charge in [-0.3, -0.25) is 0 Å². The standard InChI is InChI=1S/C22H26BrN/c1-18(6-5-17-24-15-3-2-4-16-24)19-7-9-20(10-8-19)21-11-13-22(23)14-12-21/h6-14H,2-5,15-17H2,1H3/b18-6-. The first kappa shape index (κ1) is 17.4. The first-order chi connectivity index (χ1) is 11.7. The number of halogens is 1. The van der Waals surface area contributed by atoms with Gasteiger partial charge in [-0.05, 0) is 73.7 Å². The van der Waals surface area contributed by atoms with Crippen molar-refractivity contribution in [1.29, 1.82) is 0 Å². The van der Waals surface area contributed by atoms with Crippen LogP contribution in [-0.2, 0) is 0 Å². The summed E-state index contributed by atoms with van der Waals surface area (Å²) in [6.45, 7) is 6.00. The number of benzene rings is 2. The third kappa shape index (κ3) is 4.81. The van der Waals surface area contributed by atoms with Crippen LogP contribution in [0.1, 0.15) is 38.2 Å². The van der Waals surface area contributed by atoms with Crippen molar-refractivity contribution < 1.29 is 0 Å². The van der Waals surface area contributed by atoms with Crippen LogP contribution in [0.25, 0.3) is 16.7 Å². The smallest absolute Gasteiger partial charge is 0.0175 e. The molecule has 3 rings (SSSR count). The van der Waals surface area contributed by atoms with Crippen LogP contribution in [0.15, 0.2) is 59.1 Å². The number of rotatable bonds is 5. The molecule has 0 radical (unpaired) electrons. The number of hydrogen-bond donors (Lipinski definition) is 0. The minimum absolute atomic E-state index is 1.12. The van der Waals surface area contributed by atoms with Crippen molar-refractivity contribution in [1.82, 2.24) is 4.90 Å². The minimum Gasteiger partial charge on any atom is -0.303 e. The predicted molar refractivity (Wildman–Crippen MR) is 108 cm³/mol. The zero-order valence-corrected chi connectivity index (χ0v) is 16.1. The summed E-state index contributed by atoms with van der Waals surface area (Å²) in [7, 11) is 0. The van der Waals surface area contributed by atoms with Gasteiger partial charge in [0.1, 0.15) is 0 Å². The normalized spacial score (nSPS) is 16.3. The lowest BCUT2D eigenvalue weighted by Crippen LogP contribution is -2.30. The van der Waals surface area contributed by atoms with E-state index in [0.717, 1.165) is 10.9 Å². The lowest BCUT2D eigenvalue weighted by molar-refractivity contribution is 0.233. The summed E-state index contributed by atoms with van der Waals surface area (Å²) < 4.78 is 1.12. The molecule has 126 valence electrons. The number of piperidine rings is 1. The van der Waals surface area contributed by atoms with Gasteiger partial charge in [0.2, 0.25) is 0 Å². The van der Waals surface area contributed by atoms with Crippen LogP contribution in [0.3, 0.4) is 0 Å². The number of allylic oxidation sites excluding steroid dienone is 1. The van der Waals surface area contributed by atoms with Crippen molar-refractivity contribution in [3.8, 4) is 11.1 Å². The highest BCUT2D eigenvalue weighted by molar-refractivity contribution is 9.10. The molecule has 0 N–H and O–H groups in total. The van der Waals surface area contributed by atoms with E-state index in [1.807, 2.05) is 0 Å². The van der Waals surface area contributed by atoms with Crippen LogP contribution in [0.4, 0.5) is 0 Å². The van der Waals surface area contributed by atoms with E-state index in [4.69, 9.17) is 0 Å². The molecule has 1 heterocycles. The van der Waals surface area contributed by atoms with Gasteiger partial charge < -0.3 is 4.90 Å². The summed E-state index contributed by atoms with van der Waals surface area (Å²) in [5, 5.41) is 0. The third-order valence-corrected chi connectivity index (χ3v) is 5.39. The van der Waals surface area contributed by atoms with Gasteiger partial charge in [-0.15, -0.1) is 0 Å². The first-order valence-electron chi connectivity index (χ1n) is 8.98. The monoisotopic (exact) mass is 383 g/mol. The molecule has 1 saturated heterocycles. The maximum Gasteiger partial charge on any atom is 0.0175 e. The fourth-order valence-electron chi connectivity index (χ4n) is 3.33. The zero-order chi connectivity index (χ0) is 16.8. The number of hydrogen-bond acceptors (Lipinski definition) is 1. The van der Waals surface area contributed by atoms with Crippen molar-refractivity contribution in [2.45, 2.75) is 32.6 Å². The van der Waals surface area contributed by atoms with E-state index in [2.05, 4.69) is 82.4 Å². The fourth-order valence-corrected chi connectivity index (χ4v) is 3.60. The molecule has 1 aliphatic rings. The minimum atomic E-state index is 1.12. The van der Waals surface area contributed by atoms with Crippen molar-refractivity contribution in [2.75, 3.05) is 19.6 Å². The molecule has 1 nitrogen and oxygen atoms in total. The van der Waals surface area contributed by atoms with Crippen LogP contribution >= 0.6 is 15.9 Å². The zero-order valence-electron chi connectivity index (χ0n) is 14.5. The quantitative estimate of drug-likeness (QED) is 0.577. The Morgan fingerprint density at radius 2 is 1.50 bits per heavy atom. The lowest BCUT2D eigenvalue weighted by Gasteiger charge is -2.25. The summed E-state index contributed by atoms with van der Waals surface area (Å²) in [5.74, 6) is 0. The van der Waals surface area contributed by atoms with Crippen LogP contribution in [0, 0.1) is 0 Å². The average Bonchev–Trinajstić information content (AvgIpc) is 2.63. The van der Waals surface area contributed by atoms with Gasteiger partial charge in [-0.25, -0.2) is 0 Å². The molecular formula is C22H26BrN. The SMILES string of the molecule is C/C(=C/CCN1CCCCC1)c1ccc(-c2ccc(Br)cc2)cc1. The highest BCUT2D eigenvalue weighted by Gasteiger charge is 2.08. The van der Waals surface area contributed by atoms with Crippen LogP contribution < -0.4 is 0 Å². The summed E-state index contributed by atoms with van der Waals surface area (Å²) >= 11 is 3.49. The molecule has 0 spiro atoms. The Bertz CT molecular complexity index is 664. The molecule has 2 aromatic rings. The van der Waals surface area contributed by atoms with Gasteiger partial charge in [0.15, 0.2) is 0 Å². The highest BCUT2D eigenvalue weighted by atomic mass is 79.9.